The van der Waals surface area contributed by atoms with Crippen LogP contribution >= 0.6 is 15.9 Å². The lowest BCUT2D eigenvalue weighted by Crippen LogP contribution is -2.02. The Morgan fingerprint density at radius 2 is 2.12 bits per heavy atom. The van der Waals surface area contributed by atoms with Crippen molar-refractivity contribution >= 4 is 44.1 Å². The predicted molar refractivity (Wildman–Crippen MR) is 103 cm³/mol. The van der Waals surface area contributed by atoms with Crippen LogP contribution in [0.25, 0.3) is 10.9 Å². The number of carbonyl (C=O) groups excluding carboxylic acids is 1. The molecular weight excluding hydrogens is 399 g/mol. The van der Waals surface area contributed by atoms with E-state index >= 15 is 0 Å². The summed E-state index contributed by atoms with van der Waals surface area (Å²) >= 11 is 3.13. The fourth-order valence-electron chi connectivity index (χ4n) is 2.40. The molecule has 0 radical (unpaired) electrons. The Morgan fingerprint density at radius 3 is 2.88 bits per heavy atom. The smallest absolute Gasteiger partial charge is 0.161 e. The van der Waals surface area contributed by atoms with E-state index in [0.29, 0.717) is 32.6 Å². The van der Waals surface area contributed by atoms with E-state index in [-0.39, 0.29) is 18.0 Å². The van der Waals surface area contributed by atoms with Gasteiger partial charge in [0.1, 0.15) is 18.0 Å². The van der Waals surface area contributed by atoms with Crippen molar-refractivity contribution in [1.82, 2.24) is 15.0 Å². The maximum absolute atomic E-state index is 13.7. The molecule has 0 amide bonds. The molecule has 3 rings (SSSR count). The minimum atomic E-state index is -0.371. The number of nitrogens with one attached hydrogen (secondary N) is 1. The van der Waals surface area contributed by atoms with Crippen LogP contribution in [-0.4, -0.2) is 20.7 Å². The molecule has 0 saturated heterocycles. The SMILES string of the molecule is CC/C=C/C(=O)Cc1cc2c(Nc3ccc(Br)c(F)c3)ncnc2cn1. The van der Waals surface area contributed by atoms with E-state index in [9.17, 15) is 9.18 Å². The maximum Gasteiger partial charge on any atom is 0.161 e. The lowest BCUT2D eigenvalue weighted by Gasteiger charge is -2.09. The summed E-state index contributed by atoms with van der Waals surface area (Å²) in [5.41, 5.74) is 1.83. The minimum Gasteiger partial charge on any atom is -0.340 e. The van der Waals surface area contributed by atoms with Crippen LogP contribution in [-0.2, 0) is 11.2 Å². The number of halogens is 2. The number of aromatic nitrogens is 3. The highest BCUT2D eigenvalue weighted by Crippen LogP contribution is 2.25. The van der Waals surface area contributed by atoms with Gasteiger partial charge >= 0.3 is 0 Å². The average Bonchev–Trinajstić information content (AvgIpc) is 2.63. The first kappa shape index (κ1) is 18.1. The van der Waals surface area contributed by atoms with E-state index in [0.717, 1.165) is 6.42 Å². The molecule has 7 heteroatoms. The van der Waals surface area contributed by atoms with Crippen molar-refractivity contribution in [3.05, 3.63) is 64.9 Å². The van der Waals surface area contributed by atoms with Crippen LogP contribution in [0, 0.1) is 5.82 Å². The molecule has 3 aromatic rings. The van der Waals surface area contributed by atoms with Crippen LogP contribution in [0.5, 0.6) is 0 Å². The Kier molecular flexibility index (Phi) is 5.68. The van der Waals surface area contributed by atoms with Crippen molar-refractivity contribution in [2.24, 2.45) is 0 Å². The van der Waals surface area contributed by atoms with E-state index < -0.39 is 0 Å². The Bertz CT molecular complexity index is 990. The van der Waals surface area contributed by atoms with Gasteiger partial charge in [0.05, 0.1) is 22.6 Å². The Labute approximate surface area is 158 Å². The second-order valence-electron chi connectivity index (χ2n) is 5.62. The standard InChI is InChI=1S/C19H16BrFN4O/c1-2-3-4-14(26)7-13-8-15-18(10-22-13)23-11-24-19(15)25-12-5-6-16(20)17(21)9-12/h3-6,8-11H,2,7H2,1H3,(H,23,24,25)/b4-3+. The summed E-state index contributed by atoms with van der Waals surface area (Å²) in [6, 6.07) is 6.51. The molecule has 26 heavy (non-hydrogen) atoms. The highest BCUT2D eigenvalue weighted by Gasteiger charge is 2.09. The molecular formula is C19H16BrFN4O. The zero-order chi connectivity index (χ0) is 18.5. The van der Waals surface area contributed by atoms with Gasteiger partial charge in [-0.1, -0.05) is 13.0 Å². The van der Waals surface area contributed by atoms with Gasteiger partial charge < -0.3 is 5.32 Å². The molecule has 0 saturated carbocycles. The summed E-state index contributed by atoms with van der Waals surface area (Å²) in [4.78, 5) is 24.7. The van der Waals surface area contributed by atoms with Gasteiger partial charge in [0.25, 0.3) is 0 Å². The summed E-state index contributed by atoms with van der Waals surface area (Å²) < 4.78 is 14.1. The second-order valence-corrected chi connectivity index (χ2v) is 6.48. The molecule has 1 aromatic carbocycles. The monoisotopic (exact) mass is 414 g/mol. The summed E-state index contributed by atoms with van der Waals surface area (Å²) in [6.45, 7) is 1.97. The first-order chi connectivity index (χ1) is 12.6. The quantitative estimate of drug-likeness (QED) is 0.589. The largest absolute Gasteiger partial charge is 0.340 e. The van der Waals surface area contributed by atoms with Gasteiger partial charge in [-0.05, 0) is 52.7 Å². The predicted octanol–water partition coefficient (Wildman–Crippen LogP) is 4.75. The van der Waals surface area contributed by atoms with E-state index in [4.69, 9.17) is 0 Å². The fraction of sp³-hybridized carbons (Fsp3) is 0.158. The van der Waals surface area contributed by atoms with Gasteiger partial charge in [-0.3, -0.25) is 9.78 Å². The summed E-state index contributed by atoms with van der Waals surface area (Å²) in [5, 5.41) is 3.81. The highest BCUT2D eigenvalue weighted by molar-refractivity contribution is 9.10. The van der Waals surface area contributed by atoms with Crippen LogP contribution in [0.2, 0.25) is 0 Å². The van der Waals surface area contributed by atoms with E-state index in [2.05, 4.69) is 36.2 Å². The van der Waals surface area contributed by atoms with Gasteiger partial charge in [0, 0.05) is 16.8 Å². The number of nitrogens with zero attached hydrogens (tertiary/aromatic N) is 3. The molecule has 0 fully saturated rings. The number of fused-ring (bicyclic) bond motifs is 1. The number of ketones is 1. The maximum atomic E-state index is 13.7. The first-order valence-electron chi connectivity index (χ1n) is 8.08. The van der Waals surface area contributed by atoms with Crippen molar-refractivity contribution in [1.29, 1.82) is 0 Å². The van der Waals surface area contributed by atoms with Crippen molar-refractivity contribution in [3.8, 4) is 0 Å². The highest BCUT2D eigenvalue weighted by atomic mass is 79.9. The molecule has 0 aliphatic carbocycles. The van der Waals surface area contributed by atoms with Crippen molar-refractivity contribution in [2.45, 2.75) is 19.8 Å². The van der Waals surface area contributed by atoms with Gasteiger partial charge in [-0.2, -0.15) is 0 Å². The number of pyridine rings is 1. The number of hydrogen-bond acceptors (Lipinski definition) is 5. The molecule has 132 valence electrons. The van der Waals surface area contributed by atoms with Crippen molar-refractivity contribution in [2.75, 3.05) is 5.32 Å². The van der Waals surface area contributed by atoms with Crippen LogP contribution < -0.4 is 5.32 Å². The Balaban J connectivity index is 1.92. The molecule has 0 spiro atoms. The average molecular weight is 415 g/mol. The van der Waals surface area contributed by atoms with Crippen LogP contribution in [0.4, 0.5) is 15.9 Å². The molecule has 0 atom stereocenters. The minimum absolute atomic E-state index is 0.0139. The zero-order valence-corrected chi connectivity index (χ0v) is 15.6. The number of benzene rings is 1. The van der Waals surface area contributed by atoms with Crippen molar-refractivity contribution in [3.63, 3.8) is 0 Å². The molecule has 0 aliphatic heterocycles. The molecule has 5 nitrogen and oxygen atoms in total. The lowest BCUT2D eigenvalue weighted by atomic mass is 10.1. The first-order valence-corrected chi connectivity index (χ1v) is 8.87. The molecule has 0 unspecified atom stereocenters. The van der Waals surface area contributed by atoms with E-state index in [1.807, 2.05) is 13.0 Å². The summed E-state index contributed by atoms with van der Waals surface area (Å²) in [5.74, 6) is 0.140. The van der Waals surface area contributed by atoms with E-state index in [1.165, 1.54) is 12.4 Å². The van der Waals surface area contributed by atoms with Gasteiger partial charge in [0.15, 0.2) is 5.78 Å². The van der Waals surface area contributed by atoms with Gasteiger partial charge in [0.2, 0.25) is 0 Å². The van der Waals surface area contributed by atoms with Crippen LogP contribution in [0.3, 0.4) is 0 Å². The zero-order valence-electron chi connectivity index (χ0n) is 14.0. The third-order valence-corrected chi connectivity index (χ3v) is 4.30. The topological polar surface area (TPSA) is 67.8 Å². The number of hydrogen-bond donors (Lipinski definition) is 1. The van der Waals surface area contributed by atoms with Crippen LogP contribution in [0.1, 0.15) is 19.0 Å². The normalized spacial score (nSPS) is 11.2. The van der Waals surface area contributed by atoms with Gasteiger partial charge in [-0.15, -0.1) is 0 Å². The van der Waals surface area contributed by atoms with Crippen LogP contribution in [0.15, 0.2) is 53.4 Å². The third-order valence-electron chi connectivity index (χ3n) is 3.66. The lowest BCUT2D eigenvalue weighted by molar-refractivity contribution is -0.114. The number of rotatable bonds is 6. The second kappa shape index (κ2) is 8.14. The van der Waals surface area contributed by atoms with Gasteiger partial charge in [-0.25, -0.2) is 14.4 Å². The Morgan fingerprint density at radius 1 is 1.27 bits per heavy atom. The van der Waals surface area contributed by atoms with Crippen molar-refractivity contribution < 1.29 is 9.18 Å². The summed E-state index contributed by atoms with van der Waals surface area (Å²) in [6.07, 6.45) is 7.42. The Hall–Kier alpha value is -2.67. The molecule has 2 aromatic heterocycles. The number of allylic oxidation sites excluding steroid dienone is 2. The van der Waals surface area contributed by atoms with E-state index in [1.54, 1.807) is 30.5 Å². The number of carbonyl (C=O) groups is 1. The molecule has 0 bridgehead atoms. The molecule has 2 heterocycles. The molecule has 1 N–H and O–H groups in total. The third kappa shape index (κ3) is 4.29. The summed E-state index contributed by atoms with van der Waals surface area (Å²) in [7, 11) is 0. The fourth-order valence-corrected chi connectivity index (χ4v) is 2.64. The molecule has 0 aliphatic rings. The number of anilines is 2.